The summed E-state index contributed by atoms with van der Waals surface area (Å²) < 4.78 is 5.57. The van der Waals surface area contributed by atoms with Gasteiger partial charge in [-0.3, -0.25) is 0 Å². The van der Waals surface area contributed by atoms with Crippen LogP contribution in [0.1, 0.15) is 45.2 Å². The van der Waals surface area contributed by atoms with Crippen LogP contribution in [0.3, 0.4) is 0 Å². The van der Waals surface area contributed by atoms with Crippen molar-refractivity contribution in [2.45, 2.75) is 47.0 Å². The zero-order valence-corrected chi connectivity index (χ0v) is 14.1. The van der Waals surface area contributed by atoms with E-state index in [-0.39, 0.29) is 0 Å². The highest BCUT2D eigenvalue weighted by Gasteiger charge is 2.14. The maximum absolute atomic E-state index is 5.57. The standard InChI is InChI=1S/C19H31NO/c1-14(2)12-20-13-16(4)15(3)5-6-17-7-8-19-18(11-17)9-10-21-19/h7-8,11,14-16,20H,5-6,9-10,12-13H2,1-4H3. The van der Waals surface area contributed by atoms with E-state index >= 15 is 0 Å². The van der Waals surface area contributed by atoms with Crippen molar-refractivity contribution in [2.75, 3.05) is 19.7 Å². The smallest absolute Gasteiger partial charge is 0.122 e. The molecule has 0 fully saturated rings. The van der Waals surface area contributed by atoms with Crippen LogP contribution in [0.2, 0.25) is 0 Å². The van der Waals surface area contributed by atoms with Crippen LogP contribution in [0.4, 0.5) is 0 Å². The average Bonchev–Trinajstić information content (AvgIpc) is 2.91. The Kier molecular flexibility index (Phi) is 6.10. The second-order valence-electron chi connectivity index (χ2n) is 7.09. The van der Waals surface area contributed by atoms with Crippen LogP contribution in [0.25, 0.3) is 0 Å². The minimum Gasteiger partial charge on any atom is -0.493 e. The predicted molar refractivity (Wildman–Crippen MR) is 90.0 cm³/mol. The van der Waals surface area contributed by atoms with Gasteiger partial charge in [0.1, 0.15) is 5.75 Å². The van der Waals surface area contributed by atoms with Crippen molar-refractivity contribution >= 4 is 0 Å². The SMILES string of the molecule is CC(C)CNCC(C)C(C)CCc1ccc2c(c1)CCO2. The number of benzene rings is 1. The molecular weight excluding hydrogens is 258 g/mol. The maximum atomic E-state index is 5.57. The zero-order valence-electron chi connectivity index (χ0n) is 14.1. The van der Waals surface area contributed by atoms with E-state index in [2.05, 4.69) is 51.2 Å². The Morgan fingerprint density at radius 2 is 1.90 bits per heavy atom. The summed E-state index contributed by atoms with van der Waals surface area (Å²) in [6.45, 7) is 12.4. The van der Waals surface area contributed by atoms with Crippen LogP contribution in [-0.2, 0) is 12.8 Å². The lowest BCUT2D eigenvalue weighted by Crippen LogP contribution is -2.28. The summed E-state index contributed by atoms with van der Waals surface area (Å²) in [5.74, 6) is 3.33. The molecule has 0 aromatic heterocycles. The quantitative estimate of drug-likeness (QED) is 0.779. The number of hydrogen-bond acceptors (Lipinski definition) is 2. The van der Waals surface area contributed by atoms with Crippen molar-refractivity contribution in [2.24, 2.45) is 17.8 Å². The lowest BCUT2D eigenvalue weighted by Gasteiger charge is -2.21. The summed E-state index contributed by atoms with van der Waals surface area (Å²) in [4.78, 5) is 0. The lowest BCUT2D eigenvalue weighted by molar-refractivity contribution is 0.341. The Labute approximate surface area is 130 Å². The molecular formula is C19H31NO. The molecule has 1 heterocycles. The molecule has 0 saturated carbocycles. The molecule has 1 aromatic rings. The summed E-state index contributed by atoms with van der Waals surface area (Å²) >= 11 is 0. The number of fused-ring (bicyclic) bond motifs is 1. The molecule has 1 aromatic carbocycles. The molecule has 0 spiro atoms. The predicted octanol–water partition coefficient (Wildman–Crippen LogP) is 4.07. The van der Waals surface area contributed by atoms with E-state index in [1.54, 1.807) is 0 Å². The van der Waals surface area contributed by atoms with Crippen LogP contribution in [0.15, 0.2) is 18.2 Å². The van der Waals surface area contributed by atoms with E-state index in [9.17, 15) is 0 Å². The molecule has 2 rings (SSSR count). The van der Waals surface area contributed by atoms with Gasteiger partial charge in [0.05, 0.1) is 6.61 Å². The van der Waals surface area contributed by atoms with Gasteiger partial charge in [-0.15, -0.1) is 0 Å². The number of hydrogen-bond donors (Lipinski definition) is 1. The molecule has 0 bridgehead atoms. The van der Waals surface area contributed by atoms with Crippen molar-refractivity contribution in [3.05, 3.63) is 29.3 Å². The first-order valence-electron chi connectivity index (χ1n) is 8.51. The molecule has 0 aliphatic carbocycles. The zero-order chi connectivity index (χ0) is 15.2. The number of nitrogens with one attached hydrogen (secondary N) is 1. The second-order valence-corrected chi connectivity index (χ2v) is 7.09. The third-order valence-electron chi connectivity index (χ3n) is 4.63. The van der Waals surface area contributed by atoms with Gasteiger partial charge < -0.3 is 10.1 Å². The van der Waals surface area contributed by atoms with Crippen LogP contribution in [0, 0.1) is 17.8 Å². The first-order valence-corrected chi connectivity index (χ1v) is 8.51. The van der Waals surface area contributed by atoms with E-state index < -0.39 is 0 Å². The molecule has 1 N–H and O–H groups in total. The molecule has 2 nitrogen and oxygen atoms in total. The van der Waals surface area contributed by atoms with Gasteiger partial charge in [-0.25, -0.2) is 0 Å². The highest BCUT2D eigenvalue weighted by Crippen LogP contribution is 2.27. The van der Waals surface area contributed by atoms with Crippen LogP contribution in [0.5, 0.6) is 5.75 Å². The van der Waals surface area contributed by atoms with E-state index in [0.29, 0.717) is 0 Å². The van der Waals surface area contributed by atoms with Gasteiger partial charge in [0, 0.05) is 6.42 Å². The summed E-state index contributed by atoms with van der Waals surface area (Å²) in [6.07, 6.45) is 3.53. The molecule has 0 saturated heterocycles. The van der Waals surface area contributed by atoms with Gasteiger partial charge in [-0.1, -0.05) is 39.8 Å². The summed E-state index contributed by atoms with van der Waals surface area (Å²) in [5.41, 5.74) is 2.86. The van der Waals surface area contributed by atoms with E-state index in [4.69, 9.17) is 4.74 Å². The molecule has 1 aliphatic heterocycles. The second kappa shape index (κ2) is 7.84. The fourth-order valence-corrected chi connectivity index (χ4v) is 2.88. The van der Waals surface area contributed by atoms with Crippen LogP contribution < -0.4 is 10.1 Å². The molecule has 2 heteroatoms. The maximum Gasteiger partial charge on any atom is 0.122 e. The Bertz CT molecular complexity index is 441. The lowest BCUT2D eigenvalue weighted by atomic mass is 9.89. The van der Waals surface area contributed by atoms with E-state index in [1.165, 1.54) is 24.0 Å². The van der Waals surface area contributed by atoms with Gasteiger partial charge in [0.25, 0.3) is 0 Å². The van der Waals surface area contributed by atoms with E-state index in [1.807, 2.05) is 0 Å². The van der Waals surface area contributed by atoms with Crippen molar-refractivity contribution in [1.29, 1.82) is 0 Å². The van der Waals surface area contributed by atoms with Crippen LogP contribution in [-0.4, -0.2) is 19.7 Å². The molecule has 118 valence electrons. The van der Waals surface area contributed by atoms with E-state index in [0.717, 1.165) is 49.6 Å². The van der Waals surface area contributed by atoms with Crippen molar-refractivity contribution < 1.29 is 4.74 Å². The average molecular weight is 289 g/mol. The molecule has 0 amide bonds. The fourth-order valence-electron chi connectivity index (χ4n) is 2.88. The number of rotatable bonds is 8. The van der Waals surface area contributed by atoms with Gasteiger partial charge in [-0.2, -0.15) is 0 Å². The highest BCUT2D eigenvalue weighted by atomic mass is 16.5. The monoisotopic (exact) mass is 289 g/mol. The normalized spacial score (nSPS) is 16.6. The van der Waals surface area contributed by atoms with Crippen molar-refractivity contribution in [3.63, 3.8) is 0 Å². The van der Waals surface area contributed by atoms with Crippen molar-refractivity contribution in [1.82, 2.24) is 5.32 Å². The minimum atomic E-state index is 0.737. The first kappa shape index (κ1) is 16.4. The third-order valence-corrected chi connectivity index (χ3v) is 4.63. The topological polar surface area (TPSA) is 21.3 Å². The molecule has 2 unspecified atom stereocenters. The Morgan fingerprint density at radius 3 is 2.67 bits per heavy atom. The molecule has 1 aliphatic rings. The largest absolute Gasteiger partial charge is 0.493 e. The fraction of sp³-hybridized carbons (Fsp3) is 0.684. The Morgan fingerprint density at radius 1 is 1.10 bits per heavy atom. The Hall–Kier alpha value is -1.02. The molecule has 0 radical (unpaired) electrons. The number of aryl methyl sites for hydroxylation is 1. The third kappa shape index (κ3) is 5.03. The molecule has 21 heavy (non-hydrogen) atoms. The highest BCUT2D eigenvalue weighted by molar-refractivity contribution is 5.39. The number of ether oxygens (including phenoxy) is 1. The Balaban J connectivity index is 1.74. The first-order chi connectivity index (χ1) is 10.1. The van der Waals surface area contributed by atoms with Crippen LogP contribution >= 0.6 is 0 Å². The van der Waals surface area contributed by atoms with Gasteiger partial charge >= 0.3 is 0 Å². The summed E-state index contributed by atoms with van der Waals surface area (Å²) in [7, 11) is 0. The summed E-state index contributed by atoms with van der Waals surface area (Å²) in [5, 5.41) is 3.58. The van der Waals surface area contributed by atoms with Gasteiger partial charge in [0.15, 0.2) is 0 Å². The minimum absolute atomic E-state index is 0.737. The van der Waals surface area contributed by atoms with Gasteiger partial charge in [0.2, 0.25) is 0 Å². The van der Waals surface area contributed by atoms with Crippen molar-refractivity contribution in [3.8, 4) is 5.75 Å². The summed E-state index contributed by atoms with van der Waals surface area (Å²) in [6, 6.07) is 6.73. The molecule has 2 atom stereocenters. The van der Waals surface area contributed by atoms with Gasteiger partial charge in [-0.05, 0) is 60.9 Å².